The molecule has 114 valence electrons. The maximum absolute atomic E-state index is 11.7. The summed E-state index contributed by atoms with van der Waals surface area (Å²) in [5.74, 6) is 0. The van der Waals surface area contributed by atoms with Gasteiger partial charge in [0.1, 0.15) is 0 Å². The zero-order valence-electron chi connectivity index (χ0n) is 13.0. The Balaban J connectivity index is 2.42. The van der Waals surface area contributed by atoms with E-state index in [0.717, 1.165) is 25.8 Å². The lowest BCUT2D eigenvalue weighted by molar-refractivity contribution is 0.287. The second-order valence-electron chi connectivity index (χ2n) is 6.91. The fourth-order valence-corrected chi connectivity index (χ4v) is 4.45. The molecule has 1 fully saturated rings. The Morgan fingerprint density at radius 3 is 2.47 bits per heavy atom. The molecule has 1 saturated carbocycles. The van der Waals surface area contributed by atoms with Gasteiger partial charge in [-0.1, -0.05) is 46.5 Å². The Morgan fingerprint density at radius 2 is 1.89 bits per heavy atom. The average molecular weight is 289 g/mol. The standard InChI is InChI=1S/C15H31NO2S/c1-5-6-7-11-15(2,3)12-16-13-9-8-10-14(13)19(4,17)18/h13-14,16H,5-12H2,1-4H3. The smallest absolute Gasteiger partial charge is 0.151 e. The average Bonchev–Trinajstić information content (AvgIpc) is 2.74. The number of sulfone groups is 1. The van der Waals surface area contributed by atoms with Crippen LogP contribution in [0.25, 0.3) is 0 Å². The summed E-state index contributed by atoms with van der Waals surface area (Å²) in [5, 5.41) is 3.36. The van der Waals surface area contributed by atoms with Gasteiger partial charge in [-0.3, -0.25) is 0 Å². The minimum Gasteiger partial charge on any atom is -0.312 e. The third-order valence-corrected chi connectivity index (χ3v) is 5.97. The first-order chi connectivity index (χ1) is 8.76. The fourth-order valence-electron chi connectivity index (χ4n) is 3.02. The van der Waals surface area contributed by atoms with Crippen LogP contribution in [0.2, 0.25) is 0 Å². The molecule has 0 heterocycles. The summed E-state index contributed by atoms with van der Waals surface area (Å²) < 4.78 is 23.5. The highest BCUT2D eigenvalue weighted by Gasteiger charge is 2.35. The highest BCUT2D eigenvalue weighted by Crippen LogP contribution is 2.27. The summed E-state index contributed by atoms with van der Waals surface area (Å²) in [6.45, 7) is 7.70. The van der Waals surface area contributed by atoms with Crippen molar-refractivity contribution < 1.29 is 8.42 Å². The highest BCUT2D eigenvalue weighted by atomic mass is 32.2. The molecule has 0 radical (unpaired) electrons. The van der Waals surface area contributed by atoms with Crippen LogP contribution < -0.4 is 5.32 Å². The van der Waals surface area contributed by atoms with Gasteiger partial charge >= 0.3 is 0 Å². The second-order valence-corrected chi connectivity index (χ2v) is 9.17. The molecular formula is C15H31NO2S. The summed E-state index contributed by atoms with van der Waals surface area (Å²) >= 11 is 0. The van der Waals surface area contributed by atoms with Crippen LogP contribution in [-0.2, 0) is 9.84 Å². The molecule has 0 bridgehead atoms. The zero-order valence-corrected chi connectivity index (χ0v) is 13.9. The predicted octanol–water partition coefficient (Wildman–Crippen LogP) is 3.15. The van der Waals surface area contributed by atoms with E-state index in [9.17, 15) is 8.42 Å². The van der Waals surface area contributed by atoms with Crippen molar-refractivity contribution >= 4 is 9.84 Å². The first-order valence-corrected chi connectivity index (χ1v) is 9.64. The third-order valence-electron chi connectivity index (χ3n) is 4.30. The molecule has 1 aliphatic carbocycles. The second kappa shape index (κ2) is 7.07. The summed E-state index contributed by atoms with van der Waals surface area (Å²) in [6, 6.07) is 0.167. The van der Waals surface area contributed by atoms with E-state index >= 15 is 0 Å². The van der Waals surface area contributed by atoms with Gasteiger partial charge in [0.25, 0.3) is 0 Å². The van der Waals surface area contributed by atoms with Crippen LogP contribution in [0.15, 0.2) is 0 Å². The van der Waals surface area contributed by atoms with Crippen LogP contribution in [-0.4, -0.2) is 32.5 Å². The van der Waals surface area contributed by atoms with Crippen LogP contribution in [0.5, 0.6) is 0 Å². The van der Waals surface area contributed by atoms with Crippen molar-refractivity contribution in [1.82, 2.24) is 5.32 Å². The molecule has 0 aliphatic heterocycles. The Kier molecular flexibility index (Phi) is 6.31. The first-order valence-electron chi connectivity index (χ1n) is 7.68. The number of hydrogen-bond acceptors (Lipinski definition) is 3. The Morgan fingerprint density at radius 1 is 1.21 bits per heavy atom. The maximum Gasteiger partial charge on any atom is 0.151 e. The van der Waals surface area contributed by atoms with Gasteiger partial charge in [0, 0.05) is 18.8 Å². The minimum atomic E-state index is -2.90. The van der Waals surface area contributed by atoms with Gasteiger partial charge in [-0.15, -0.1) is 0 Å². The summed E-state index contributed by atoms with van der Waals surface area (Å²) in [5.41, 5.74) is 0.264. The van der Waals surface area contributed by atoms with Crippen molar-refractivity contribution in [3.8, 4) is 0 Å². The van der Waals surface area contributed by atoms with Crippen LogP contribution in [0.4, 0.5) is 0 Å². The van der Waals surface area contributed by atoms with Gasteiger partial charge in [-0.05, 0) is 24.7 Å². The number of hydrogen-bond donors (Lipinski definition) is 1. The lowest BCUT2D eigenvalue weighted by Gasteiger charge is -2.29. The Hall–Kier alpha value is -0.0900. The molecule has 1 N–H and O–H groups in total. The van der Waals surface area contributed by atoms with E-state index in [1.54, 1.807) is 0 Å². The van der Waals surface area contributed by atoms with Crippen LogP contribution in [0.3, 0.4) is 0 Å². The molecule has 2 atom stereocenters. The molecule has 0 aromatic carbocycles. The van der Waals surface area contributed by atoms with Crippen LogP contribution >= 0.6 is 0 Å². The Labute approximate surface area is 119 Å². The van der Waals surface area contributed by atoms with Gasteiger partial charge < -0.3 is 5.32 Å². The molecule has 0 aromatic heterocycles. The van der Waals surface area contributed by atoms with Crippen molar-refractivity contribution in [1.29, 1.82) is 0 Å². The monoisotopic (exact) mass is 289 g/mol. The van der Waals surface area contributed by atoms with Gasteiger partial charge in [0.15, 0.2) is 9.84 Å². The molecule has 3 nitrogen and oxygen atoms in total. The van der Waals surface area contributed by atoms with E-state index in [-0.39, 0.29) is 16.7 Å². The topological polar surface area (TPSA) is 46.2 Å². The SMILES string of the molecule is CCCCCC(C)(C)CNC1CCCC1S(C)(=O)=O. The summed E-state index contributed by atoms with van der Waals surface area (Å²) in [6.07, 6.45) is 9.27. The molecule has 2 unspecified atom stereocenters. The molecule has 1 rings (SSSR count). The molecule has 0 aromatic rings. The fraction of sp³-hybridized carbons (Fsp3) is 1.00. The predicted molar refractivity (Wildman–Crippen MR) is 82.2 cm³/mol. The number of nitrogens with one attached hydrogen (secondary N) is 1. The number of unbranched alkanes of at least 4 members (excludes halogenated alkanes) is 2. The largest absolute Gasteiger partial charge is 0.312 e. The Bertz CT molecular complexity index is 362. The van der Waals surface area contributed by atoms with Crippen LogP contribution in [0.1, 0.15) is 65.7 Å². The van der Waals surface area contributed by atoms with E-state index in [0.29, 0.717) is 0 Å². The van der Waals surface area contributed by atoms with Crippen molar-refractivity contribution in [2.24, 2.45) is 5.41 Å². The lowest BCUT2D eigenvalue weighted by atomic mass is 9.86. The van der Waals surface area contributed by atoms with Crippen LogP contribution in [0, 0.1) is 5.41 Å². The number of rotatable bonds is 8. The molecular weight excluding hydrogens is 258 g/mol. The van der Waals surface area contributed by atoms with Crippen molar-refractivity contribution in [2.45, 2.75) is 77.0 Å². The van der Waals surface area contributed by atoms with Gasteiger partial charge in [0.2, 0.25) is 0 Å². The quantitative estimate of drug-likeness (QED) is 0.698. The lowest BCUT2D eigenvalue weighted by Crippen LogP contribution is -2.43. The molecule has 0 spiro atoms. The molecule has 0 saturated heterocycles. The maximum atomic E-state index is 11.7. The summed E-state index contributed by atoms with van der Waals surface area (Å²) in [7, 11) is -2.90. The molecule has 4 heteroatoms. The van der Waals surface area contributed by atoms with Crippen molar-refractivity contribution in [3.05, 3.63) is 0 Å². The summed E-state index contributed by atoms with van der Waals surface area (Å²) in [4.78, 5) is 0. The van der Waals surface area contributed by atoms with Gasteiger partial charge in [-0.2, -0.15) is 0 Å². The van der Waals surface area contributed by atoms with E-state index in [4.69, 9.17) is 0 Å². The molecule has 0 amide bonds. The normalized spacial score (nSPS) is 24.8. The first kappa shape index (κ1) is 17.0. The minimum absolute atomic E-state index is 0.167. The molecule has 1 aliphatic rings. The third kappa shape index (κ3) is 5.82. The van der Waals surface area contributed by atoms with E-state index in [1.165, 1.54) is 31.9 Å². The van der Waals surface area contributed by atoms with E-state index < -0.39 is 9.84 Å². The van der Waals surface area contributed by atoms with Crippen molar-refractivity contribution in [3.63, 3.8) is 0 Å². The van der Waals surface area contributed by atoms with Gasteiger partial charge in [-0.25, -0.2) is 8.42 Å². The van der Waals surface area contributed by atoms with E-state index in [2.05, 4.69) is 26.1 Å². The highest BCUT2D eigenvalue weighted by molar-refractivity contribution is 7.91. The van der Waals surface area contributed by atoms with Crippen molar-refractivity contribution in [2.75, 3.05) is 12.8 Å². The molecule has 19 heavy (non-hydrogen) atoms. The zero-order chi connectivity index (χ0) is 14.5. The van der Waals surface area contributed by atoms with Gasteiger partial charge in [0.05, 0.1) is 5.25 Å². The van der Waals surface area contributed by atoms with E-state index in [1.807, 2.05) is 0 Å².